The van der Waals surface area contributed by atoms with E-state index in [0.29, 0.717) is 6.04 Å². The zero-order chi connectivity index (χ0) is 11.0. The molecule has 0 spiro atoms. The van der Waals surface area contributed by atoms with Gasteiger partial charge in [-0.05, 0) is 39.5 Å². The van der Waals surface area contributed by atoms with Crippen molar-refractivity contribution in [1.29, 1.82) is 0 Å². The lowest BCUT2D eigenvalue weighted by atomic mass is 10.1. The highest BCUT2D eigenvalue weighted by molar-refractivity contribution is 7.99. The van der Waals surface area contributed by atoms with Crippen LogP contribution in [0.25, 0.3) is 0 Å². The van der Waals surface area contributed by atoms with Crippen LogP contribution in [-0.2, 0) is 4.74 Å². The first-order chi connectivity index (χ1) is 6.52. The average molecular weight is 219 g/mol. The Morgan fingerprint density at radius 1 is 1.43 bits per heavy atom. The molecule has 0 aromatic rings. The molecule has 1 unspecified atom stereocenters. The first-order valence-corrected chi connectivity index (χ1v) is 6.53. The third-order valence-electron chi connectivity index (χ3n) is 2.34. The molecule has 0 rings (SSSR count). The molecule has 0 heterocycles. The summed E-state index contributed by atoms with van der Waals surface area (Å²) in [6, 6.07) is 0.604. The van der Waals surface area contributed by atoms with Gasteiger partial charge in [-0.25, -0.2) is 0 Å². The number of rotatable bonds is 8. The summed E-state index contributed by atoms with van der Waals surface area (Å²) in [4.78, 5) is 0. The monoisotopic (exact) mass is 219 g/mol. The Kier molecular flexibility index (Phi) is 7.69. The topological polar surface area (TPSA) is 21.3 Å². The molecule has 0 aliphatic carbocycles. The van der Waals surface area contributed by atoms with Crippen LogP contribution < -0.4 is 5.32 Å². The van der Waals surface area contributed by atoms with Crippen LogP contribution in [0.2, 0.25) is 0 Å². The largest absolute Gasteiger partial charge is 0.379 e. The van der Waals surface area contributed by atoms with Gasteiger partial charge in [0.2, 0.25) is 0 Å². The van der Waals surface area contributed by atoms with Crippen molar-refractivity contribution in [3.63, 3.8) is 0 Å². The molecule has 0 aliphatic heterocycles. The summed E-state index contributed by atoms with van der Waals surface area (Å²) in [5.41, 5.74) is 0.00458. The Balaban J connectivity index is 3.43. The Morgan fingerprint density at radius 2 is 2.07 bits per heavy atom. The maximum Gasteiger partial charge on any atom is 0.0634 e. The van der Waals surface area contributed by atoms with Crippen LogP contribution >= 0.6 is 11.8 Å². The minimum atomic E-state index is 0.00458. The summed E-state index contributed by atoms with van der Waals surface area (Å²) in [7, 11) is 1.77. The molecule has 3 heteroatoms. The fraction of sp³-hybridized carbons (Fsp3) is 1.00. The van der Waals surface area contributed by atoms with Crippen LogP contribution in [0, 0.1) is 0 Å². The van der Waals surface area contributed by atoms with Crippen LogP contribution in [0.3, 0.4) is 0 Å². The molecule has 86 valence electrons. The normalized spacial score (nSPS) is 14.4. The number of ether oxygens (including phenoxy) is 1. The Hall–Kier alpha value is 0.270. The molecule has 0 fully saturated rings. The van der Waals surface area contributed by atoms with Gasteiger partial charge in [-0.3, -0.25) is 0 Å². The summed E-state index contributed by atoms with van der Waals surface area (Å²) in [6.07, 6.45) is 1.06. The van der Waals surface area contributed by atoms with Crippen LogP contribution in [0.15, 0.2) is 0 Å². The van der Waals surface area contributed by atoms with Crippen molar-refractivity contribution < 1.29 is 4.74 Å². The summed E-state index contributed by atoms with van der Waals surface area (Å²) in [6.45, 7) is 9.72. The van der Waals surface area contributed by atoms with Crippen molar-refractivity contribution in [2.24, 2.45) is 0 Å². The van der Waals surface area contributed by atoms with Gasteiger partial charge in [0.25, 0.3) is 0 Å². The van der Waals surface area contributed by atoms with E-state index in [1.165, 1.54) is 11.5 Å². The van der Waals surface area contributed by atoms with Crippen molar-refractivity contribution in [3.8, 4) is 0 Å². The predicted octanol–water partition coefficient (Wildman–Crippen LogP) is 2.53. The fourth-order valence-corrected chi connectivity index (χ4v) is 1.78. The second-order valence-electron chi connectivity index (χ2n) is 4.23. The molecule has 2 nitrogen and oxygen atoms in total. The van der Waals surface area contributed by atoms with E-state index >= 15 is 0 Å². The van der Waals surface area contributed by atoms with E-state index < -0.39 is 0 Å². The van der Waals surface area contributed by atoms with Crippen LogP contribution in [0.5, 0.6) is 0 Å². The highest BCUT2D eigenvalue weighted by Crippen LogP contribution is 2.11. The summed E-state index contributed by atoms with van der Waals surface area (Å²) < 4.78 is 5.36. The number of thioether (sulfide) groups is 1. The molecule has 1 N–H and O–H groups in total. The third-order valence-corrected chi connectivity index (χ3v) is 3.49. The lowest BCUT2D eigenvalue weighted by molar-refractivity contribution is 0.0156. The van der Waals surface area contributed by atoms with Gasteiger partial charge in [-0.1, -0.05) is 6.92 Å². The minimum Gasteiger partial charge on any atom is -0.379 e. The van der Waals surface area contributed by atoms with Crippen molar-refractivity contribution in [1.82, 2.24) is 5.32 Å². The van der Waals surface area contributed by atoms with Crippen LogP contribution in [0.1, 0.15) is 34.1 Å². The third kappa shape index (κ3) is 7.65. The van der Waals surface area contributed by atoms with Crippen LogP contribution in [0.4, 0.5) is 0 Å². The van der Waals surface area contributed by atoms with E-state index in [2.05, 4.69) is 33.0 Å². The summed E-state index contributed by atoms with van der Waals surface area (Å²) in [5, 5.41) is 3.51. The zero-order valence-corrected chi connectivity index (χ0v) is 11.0. The SMILES string of the molecule is CCSCC(C)NCCC(C)(C)OC. The van der Waals surface area contributed by atoms with Gasteiger partial charge in [-0.2, -0.15) is 11.8 Å². The molecule has 0 aliphatic rings. The van der Waals surface area contributed by atoms with E-state index in [0.717, 1.165) is 13.0 Å². The first-order valence-electron chi connectivity index (χ1n) is 5.38. The minimum absolute atomic E-state index is 0.00458. The van der Waals surface area contributed by atoms with Crippen molar-refractivity contribution >= 4 is 11.8 Å². The number of hydrogen-bond acceptors (Lipinski definition) is 3. The van der Waals surface area contributed by atoms with E-state index in [4.69, 9.17) is 4.74 Å². The van der Waals surface area contributed by atoms with Gasteiger partial charge in [0.1, 0.15) is 0 Å². The number of methoxy groups -OCH3 is 1. The maximum absolute atomic E-state index is 5.36. The lowest BCUT2D eigenvalue weighted by Gasteiger charge is -2.24. The molecular formula is C11H25NOS. The molecule has 1 atom stereocenters. The van der Waals surface area contributed by atoms with Crippen LogP contribution in [-0.4, -0.2) is 36.8 Å². The summed E-state index contributed by atoms with van der Waals surface area (Å²) >= 11 is 1.99. The summed E-state index contributed by atoms with van der Waals surface area (Å²) in [5.74, 6) is 2.40. The van der Waals surface area contributed by atoms with Crippen molar-refractivity contribution in [2.75, 3.05) is 25.2 Å². The lowest BCUT2D eigenvalue weighted by Crippen LogP contribution is -2.34. The molecule has 0 saturated carbocycles. The fourth-order valence-electron chi connectivity index (χ4n) is 1.08. The van der Waals surface area contributed by atoms with Gasteiger partial charge < -0.3 is 10.1 Å². The van der Waals surface area contributed by atoms with Gasteiger partial charge in [0, 0.05) is 18.9 Å². The van der Waals surface area contributed by atoms with E-state index in [-0.39, 0.29) is 5.60 Å². The van der Waals surface area contributed by atoms with Gasteiger partial charge >= 0.3 is 0 Å². The average Bonchev–Trinajstić information content (AvgIpc) is 2.14. The van der Waals surface area contributed by atoms with E-state index in [9.17, 15) is 0 Å². The highest BCUT2D eigenvalue weighted by Gasteiger charge is 2.15. The second kappa shape index (κ2) is 7.55. The molecule has 0 aromatic heterocycles. The molecule has 0 radical (unpaired) electrons. The predicted molar refractivity (Wildman–Crippen MR) is 66.2 cm³/mol. The smallest absolute Gasteiger partial charge is 0.0634 e. The zero-order valence-electron chi connectivity index (χ0n) is 10.2. The molecule has 0 amide bonds. The van der Waals surface area contributed by atoms with Crippen molar-refractivity contribution in [2.45, 2.75) is 45.8 Å². The molecule has 0 saturated heterocycles. The Morgan fingerprint density at radius 3 is 2.57 bits per heavy atom. The molecule has 0 aromatic carbocycles. The maximum atomic E-state index is 5.36. The van der Waals surface area contributed by atoms with Gasteiger partial charge in [0.05, 0.1) is 5.60 Å². The van der Waals surface area contributed by atoms with E-state index in [1.807, 2.05) is 11.8 Å². The highest BCUT2D eigenvalue weighted by atomic mass is 32.2. The first kappa shape index (κ1) is 14.3. The molecule has 0 bridgehead atoms. The molecule has 14 heavy (non-hydrogen) atoms. The molecular weight excluding hydrogens is 194 g/mol. The Bertz CT molecular complexity index is 139. The Labute approximate surface area is 93.2 Å². The second-order valence-corrected chi connectivity index (χ2v) is 5.55. The quantitative estimate of drug-likeness (QED) is 0.678. The standard InChI is InChI=1S/C11H25NOS/c1-6-14-9-10(2)12-8-7-11(3,4)13-5/h10,12H,6-9H2,1-5H3. The van der Waals surface area contributed by atoms with E-state index in [1.54, 1.807) is 7.11 Å². The number of hydrogen-bond donors (Lipinski definition) is 1. The van der Waals surface area contributed by atoms with Gasteiger partial charge in [0.15, 0.2) is 0 Å². The van der Waals surface area contributed by atoms with Crippen molar-refractivity contribution in [3.05, 3.63) is 0 Å². The van der Waals surface area contributed by atoms with Gasteiger partial charge in [-0.15, -0.1) is 0 Å². The number of nitrogens with one attached hydrogen (secondary N) is 1.